The highest BCUT2D eigenvalue weighted by Crippen LogP contribution is 2.19. The molecule has 3 aromatic rings. The molecule has 5 heteroatoms. The normalized spacial score (nSPS) is 10.6. The van der Waals surface area contributed by atoms with Gasteiger partial charge >= 0.3 is 0 Å². The van der Waals surface area contributed by atoms with Gasteiger partial charge in [0.05, 0.1) is 5.39 Å². The molecule has 0 aliphatic heterocycles. The number of anilines is 3. The van der Waals surface area contributed by atoms with Crippen LogP contribution in [0.2, 0.25) is 0 Å². The van der Waals surface area contributed by atoms with Crippen LogP contribution in [0.5, 0.6) is 0 Å². The maximum Gasteiger partial charge on any atom is 0.231 e. The lowest BCUT2D eigenvalue weighted by molar-refractivity contribution is 1.18. The average molecular weight is 251 g/mol. The predicted molar refractivity (Wildman–Crippen MR) is 76.2 cm³/mol. The number of pyridine rings is 1. The minimum atomic E-state index is 0.424. The molecule has 3 N–H and O–H groups in total. The van der Waals surface area contributed by atoms with Crippen LogP contribution < -0.4 is 11.1 Å². The second-order valence-corrected chi connectivity index (χ2v) is 4.30. The second-order valence-electron chi connectivity index (χ2n) is 4.30. The van der Waals surface area contributed by atoms with Crippen LogP contribution in [-0.2, 0) is 0 Å². The molecule has 0 amide bonds. The van der Waals surface area contributed by atoms with E-state index in [1.165, 1.54) is 5.56 Å². The molecule has 0 fully saturated rings. The molecule has 0 unspecified atom stereocenters. The molecule has 0 spiro atoms. The van der Waals surface area contributed by atoms with Crippen LogP contribution in [0.25, 0.3) is 11.0 Å². The molecule has 0 atom stereocenters. The first kappa shape index (κ1) is 11.4. The third-order valence-electron chi connectivity index (χ3n) is 2.81. The Hall–Kier alpha value is -2.69. The van der Waals surface area contributed by atoms with Crippen LogP contribution in [0.4, 0.5) is 17.5 Å². The maximum atomic E-state index is 5.90. The molecule has 0 saturated carbocycles. The van der Waals surface area contributed by atoms with Crippen LogP contribution >= 0.6 is 0 Å². The lowest BCUT2D eigenvalue weighted by Crippen LogP contribution is -2.02. The Morgan fingerprint density at radius 2 is 1.84 bits per heavy atom. The third kappa shape index (κ3) is 2.30. The van der Waals surface area contributed by atoms with Gasteiger partial charge < -0.3 is 11.1 Å². The Balaban J connectivity index is 1.99. The molecular formula is C14H13N5. The number of fused-ring (bicyclic) bond motifs is 1. The number of hydrogen-bond acceptors (Lipinski definition) is 5. The SMILES string of the molecule is Cc1ccc(Nc2nc(N)c3cccnc3n2)cc1. The third-order valence-corrected chi connectivity index (χ3v) is 2.81. The number of nitrogens with two attached hydrogens (primary N) is 1. The van der Waals surface area contributed by atoms with Crippen molar-refractivity contribution >= 4 is 28.5 Å². The van der Waals surface area contributed by atoms with E-state index >= 15 is 0 Å². The molecule has 0 saturated heterocycles. The monoisotopic (exact) mass is 251 g/mol. The first-order valence-electron chi connectivity index (χ1n) is 5.94. The van der Waals surface area contributed by atoms with Crippen molar-refractivity contribution in [3.05, 3.63) is 48.2 Å². The standard InChI is InChI=1S/C14H13N5/c1-9-4-6-10(7-5-9)17-14-18-12(15)11-3-2-8-16-13(11)19-14/h2-8H,1H3,(H3,15,16,17,18,19). The Labute approximate surface area is 110 Å². The molecule has 2 aromatic heterocycles. The van der Waals surface area contributed by atoms with Crippen molar-refractivity contribution in [3.8, 4) is 0 Å². The van der Waals surface area contributed by atoms with E-state index in [0.717, 1.165) is 11.1 Å². The number of aryl methyl sites for hydroxylation is 1. The van der Waals surface area contributed by atoms with Gasteiger partial charge in [-0.1, -0.05) is 17.7 Å². The summed E-state index contributed by atoms with van der Waals surface area (Å²) >= 11 is 0. The number of aromatic nitrogens is 3. The summed E-state index contributed by atoms with van der Waals surface area (Å²) in [5, 5.41) is 3.88. The molecule has 0 bridgehead atoms. The minimum absolute atomic E-state index is 0.424. The van der Waals surface area contributed by atoms with Gasteiger partial charge in [-0.3, -0.25) is 0 Å². The zero-order chi connectivity index (χ0) is 13.2. The summed E-state index contributed by atoms with van der Waals surface area (Å²) < 4.78 is 0. The summed E-state index contributed by atoms with van der Waals surface area (Å²) in [6.07, 6.45) is 1.68. The van der Waals surface area contributed by atoms with Gasteiger partial charge in [0.2, 0.25) is 5.95 Å². The smallest absolute Gasteiger partial charge is 0.231 e. The van der Waals surface area contributed by atoms with Gasteiger partial charge in [-0.15, -0.1) is 0 Å². The Morgan fingerprint density at radius 3 is 2.63 bits per heavy atom. The second kappa shape index (κ2) is 4.53. The first-order chi connectivity index (χ1) is 9.22. The minimum Gasteiger partial charge on any atom is -0.383 e. The zero-order valence-electron chi connectivity index (χ0n) is 10.5. The first-order valence-corrected chi connectivity index (χ1v) is 5.94. The van der Waals surface area contributed by atoms with Gasteiger partial charge in [0.1, 0.15) is 5.82 Å². The van der Waals surface area contributed by atoms with E-state index < -0.39 is 0 Å². The van der Waals surface area contributed by atoms with Crippen LogP contribution in [0.15, 0.2) is 42.6 Å². The topological polar surface area (TPSA) is 76.7 Å². The van der Waals surface area contributed by atoms with Crippen molar-refractivity contribution in [3.63, 3.8) is 0 Å². The van der Waals surface area contributed by atoms with Crippen LogP contribution in [-0.4, -0.2) is 15.0 Å². The molecule has 0 aliphatic carbocycles. The van der Waals surface area contributed by atoms with Crippen molar-refractivity contribution in [1.29, 1.82) is 0 Å². The van der Waals surface area contributed by atoms with Gasteiger partial charge in [0, 0.05) is 11.9 Å². The fraction of sp³-hybridized carbons (Fsp3) is 0.0714. The van der Waals surface area contributed by atoms with Gasteiger partial charge in [-0.05, 0) is 31.2 Å². The lowest BCUT2D eigenvalue weighted by Gasteiger charge is -2.07. The van der Waals surface area contributed by atoms with Crippen LogP contribution in [0, 0.1) is 6.92 Å². The number of nitrogen functional groups attached to an aromatic ring is 1. The summed E-state index contributed by atoms with van der Waals surface area (Å²) in [6, 6.07) is 11.6. The highest BCUT2D eigenvalue weighted by atomic mass is 15.1. The largest absolute Gasteiger partial charge is 0.383 e. The predicted octanol–water partition coefficient (Wildman–Crippen LogP) is 2.66. The summed E-state index contributed by atoms with van der Waals surface area (Å²) in [5.41, 5.74) is 8.61. The summed E-state index contributed by atoms with van der Waals surface area (Å²) in [4.78, 5) is 12.8. The summed E-state index contributed by atoms with van der Waals surface area (Å²) in [6.45, 7) is 2.04. The molecule has 19 heavy (non-hydrogen) atoms. The van der Waals surface area contributed by atoms with E-state index in [1.807, 2.05) is 43.3 Å². The van der Waals surface area contributed by atoms with Crippen molar-refractivity contribution < 1.29 is 0 Å². The van der Waals surface area contributed by atoms with E-state index in [-0.39, 0.29) is 0 Å². The number of hydrogen-bond donors (Lipinski definition) is 2. The fourth-order valence-corrected chi connectivity index (χ4v) is 1.81. The van der Waals surface area contributed by atoms with E-state index in [1.54, 1.807) is 6.20 Å². The number of nitrogens with one attached hydrogen (secondary N) is 1. The van der Waals surface area contributed by atoms with Crippen molar-refractivity contribution in [1.82, 2.24) is 15.0 Å². The molecule has 2 heterocycles. The van der Waals surface area contributed by atoms with E-state index in [9.17, 15) is 0 Å². The van der Waals surface area contributed by atoms with Gasteiger partial charge in [-0.25, -0.2) is 4.98 Å². The Morgan fingerprint density at radius 1 is 1.05 bits per heavy atom. The maximum absolute atomic E-state index is 5.90. The van der Waals surface area contributed by atoms with Crippen molar-refractivity contribution in [2.45, 2.75) is 6.92 Å². The number of rotatable bonds is 2. The summed E-state index contributed by atoms with van der Waals surface area (Å²) in [7, 11) is 0. The quantitative estimate of drug-likeness (QED) is 0.732. The van der Waals surface area contributed by atoms with Gasteiger partial charge in [0.15, 0.2) is 5.65 Å². The lowest BCUT2D eigenvalue weighted by atomic mass is 10.2. The van der Waals surface area contributed by atoms with E-state index in [0.29, 0.717) is 17.4 Å². The highest BCUT2D eigenvalue weighted by molar-refractivity contribution is 5.86. The Bertz CT molecular complexity index is 721. The molecular weight excluding hydrogens is 238 g/mol. The molecule has 94 valence electrons. The molecule has 3 rings (SSSR count). The molecule has 5 nitrogen and oxygen atoms in total. The number of benzene rings is 1. The average Bonchev–Trinajstić information content (AvgIpc) is 2.42. The van der Waals surface area contributed by atoms with Crippen molar-refractivity contribution in [2.75, 3.05) is 11.1 Å². The fourth-order valence-electron chi connectivity index (χ4n) is 1.81. The summed E-state index contributed by atoms with van der Waals surface area (Å²) in [5.74, 6) is 0.875. The zero-order valence-corrected chi connectivity index (χ0v) is 10.5. The van der Waals surface area contributed by atoms with E-state index in [4.69, 9.17) is 5.73 Å². The Kier molecular flexibility index (Phi) is 2.72. The van der Waals surface area contributed by atoms with E-state index in [2.05, 4.69) is 20.3 Å². The van der Waals surface area contributed by atoms with Crippen LogP contribution in [0.3, 0.4) is 0 Å². The van der Waals surface area contributed by atoms with Crippen molar-refractivity contribution in [2.24, 2.45) is 0 Å². The molecule has 0 aliphatic rings. The van der Waals surface area contributed by atoms with Gasteiger partial charge in [-0.2, -0.15) is 9.97 Å². The molecule has 0 radical (unpaired) electrons. The van der Waals surface area contributed by atoms with Crippen LogP contribution in [0.1, 0.15) is 5.56 Å². The van der Waals surface area contributed by atoms with Gasteiger partial charge in [0.25, 0.3) is 0 Å². The highest BCUT2D eigenvalue weighted by Gasteiger charge is 2.05. The number of nitrogens with zero attached hydrogens (tertiary/aromatic N) is 3. The molecule has 1 aromatic carbocycles.